The molecular weight excluding hydrogens is 326 g/mol. The number of rotatable bonds is 6. The van der Waals surface area contributed by atoms with Crippen LogP contribution < -0.4 is 10.6 Å². The van der Waals surface area contributed by atoms with Crippen molar-refractivity contribution >= 4 is 29.3 Å². The van der Waals surface area contributed by atoms with E-state index in [1.54, 1.807) is 17.8 Å². The largest absolute Gasteiger partial charge is 0.346 e. The lowest BCUT2D eigenvalue weighted by Crippen LogP contribution is -2.37. The molecule has 0 saturated heterocycles. The maximum Gasteiger partial charge on any atom is 0.243 e. The number of amides is 2. The smallest absolute Gasteiger partial charge is 0.243 e. The highest BCUT2D eigenvalue weighted by Crippen LogP contribution is 2.20. The summed E-state index contributed by atoms with van der Waals surface area (Å²) in [6, 6.07) is 5.80. The number of thioether (sulfide) groups is 1. The molecule has 1 heterocycles. The second-order valence-electron chi connectivity index (χ2n) is 5.52. The quantitative estimate of drug-likeness (QED) is 0.776. The van der Waals surface area contributed by atoms with Gasteiger partial charge < -0.3 is 15.2 Å². The number of para-hydroxylation sites is 1. The molecule has 2 amide bonds. The van der Waals surface area contributed by atoms with Crippen LogP contribution in [0.3, 0.4) is 0 Å². The molecule has 2 aromatic rings. The number of aryl methyl sites for hydroxylation is 3. The first-order chi connectivity index (χ1) is 11.4. The molecule has 2 rings (SSSR count). The molecule has 7 nitrogen and oxygen atoms in total. The number of aromatic nitrogens is 3. The van der Waals surface area contributed by atoms with Gasteiger partial charge >= 0.3 is 0 Å². The van der Waals surface area contributed by atoms with Crippen molar-refractivity contribution < 1.29 is 9.59 Å². The molecule has 1 atom stereocenters. The summed E-state index contributed by atoms with van der Waals surface area (Å²) in [6.07, 6.45) is 1.57. The molecule has 8 heteroatoms. The Labute approximate surface area is 145 Å². The van der Waals surface area contributed by atoms with E-state index in [-0.39, 0.29) is 23.6 Å². The van der Waals surface area contributed by atoms with Crippen molar-refractivity contribution in [3.8, 4) is 0 Å². The van der Waals surface area contributed by atoms with E-state index in [1.165, 1.54) is 11.8 Å². The maximum absolute atomic E-state index is 12.1. The summed E-state index contributed by atoms with van der Waals surface area (Å²) >= 11 is 1.29. The van der Waals surface area contributed by atoms with Crippen molar-refractivity contribution in [1.82, 2.24) is 20.1 Å². The second kappa shape index (κ2) is 7.96. The third kappa shape index (κ3) is 4.58. The predicted molar refractivity (Wildman–Crippen MR) is 93.9 cm³/mol. The zero-order valence-electron chi connectivity index (χ0n) is 14.2. The van der Waals surface area contributed by atoms with Crippen LogP contribution in [-0.4, -0.2) is 38.4 Å². The van der Waals surface area contributed by atoms with E-state index < -0.39 is 0 Å². The van der Waals surface area contributed by atoms with Gasteiger partial charge in [-0.1, -0.05) is 30.0 Å². The molecule has 0 radical (unpaired) electrons. The molecule has 1 aromatic carbocycles. The lowest BCUT2D eigenvalue weighted by Gasteiger charge is -2.13. The first-order valence-electron chi connectivity index (χ1n) is 7.53. The fraction of sp³-hybridized carbons (Fsp3) is 0.375. The van der Waals surface area contributed by atoms with Gasteiger partial charge in [-0.25, -0.2) is 0 Å². The van der Waals surface area contributed by atoms with E-state index in [0.29, 0.717) is 5.16 Å². The zero-order chi connectivity index (χ0) is 17.7. The van der Waals surface area contributed by atoms with E-state index in [2.05, 4.69) is 20.8 Å². The summed E-state index contributed by atoms with van der Waals surface area (Å²) in [4.78, 5) is 24.2. The van der Waals surface area contributed by atoms with Crippen molar-refractivity contribution in [3.05, 3.63) is 35.7 Å². The third-order valence-electron chi connectivity index (χ3n) is 3.49. The molecule has 0 fully saturated rings. The van der Waals surface area contributed by atoms with Gasteiger partial charge in [-0.2, -0.15) is 0 Å². The molecule has 24 heavy (non-hydrogen) atoms. The molecule has 0 aliphatic heterocycles. The number of nitrogens with zero attached hydrogens (tertiary/aromatic N) is 3. The fourth-order valence-electron chi connectivity index (χ4n) is 2.10. The standard InChI is InChI=1S/C16H21N5O2S/c1-10-6-5-7-11(2)14(10)19-13(22)8-17-15(23)12(3)24-16-20-18-9-21(16)4/h5-7,9,12H,8H2,1-4H3,(H,17,23)(H,19,22). The molecule has 128 valence electrons. The maximum atomic E-state index is 12.1. The normalized spacial score (nSPS) is 11.8. The highest BCUT2D eigenvalue weighted by Gasteiger charge is 2.18. The Bertz CT molecular complexity index is 724. The van der Waals surface area contributed by atoms with Gasteiger partial charge in [-0.3, -0.25) is 9.59 Å². The number of anilines is 1. The van der Waals surface area contributed by atoms with E-state index >= 15 is 0 Å². The lowest BCUT2D eigenvalue weighted by molar-refractivity contribution is -0.123. The van der Waals surface area contributed by atoms with Crippen LogP contribution in [0.25, 0.3) is 0 Å². The molecule has 0 bridgehead atoms. The van der Waals surface area contributed by atoms with Crippen LogP contribution in [0.2, 0.25) is 0 Å². The minimum Gasteiger partial charge on any atom is -0.346 e. The Morgan fingerprint density at radius 2 is 1.96 bits per heavy atom. The predicted octanol–water partition coefficient (Wildman–Crippen LogP) is 1.67. The average molecular weight is 347 g/mol. The Balaban J connectivity index is 1.85. The number of hydrogen-bond donors (Lipinski definition) is 2. The van der Waals surface area contributed by atoms with Crippen LogP contribution in [0.1, 0.15) is 18.1 Å². The third-order valence-corrected chi connectivity index (χ3v) is 4.64. The number of carbonyl (C=O) groups excluding carboxylic acids is 2. The molecular formula is C16H21N5O2S. The first kappa shape index (κ1) is 18.0. The summed E-state index contributed by atoms with van der Waals surface area (Å²) in [5, 5.41) is 13.5. The molecule has 1 aromatic heterocycles. The van der Waals surface area contributed by atoms with Crippen LogP contribution >= 0.6 is 11.8 Å². The van der Waals surface area contributed by atoms with E-state index in [0.717, 1.165) is 16.8 Å². The molecule has 0 spiro atoms. The topological polar surface area (TPSA) is 88.9 Å². The molecule has 0 aliphatic carbocycles. The average Bonchev–Trinajstić information content (AvgIpc) is 2.93. The minimum atomic E-state index is -0.374. The van der Waals surface area contributed by atoms with Gasteiger partial charge in [0.05, 0.1) is 11.8 Å². The number of carbonyl (C=O) groups is 2. The van der Waals surface area contributed by atoms with Crippen LogP contribution in [0.4, 0.5) is 5.69 Å². The molecule has 0 saturated carbocycles. The summed E-state index contributed by atoms with van der Waals surface area (Å²) in [6.45, 7) is 5.55. The summed E-state index contributed by atoms with van der Waals surface area (Å²) in [5.41, 5.74) is 2.76. The van der Waals surface area contributed by atoms with Crippen LogP contribution in [-0.2, 0) is 16.6 Å². The van der Waals surface area contributed by atoms with E-state index in [4.69, 9.17) is 0 Å². The number of hydrogen-bond acceptors (Lipinski definition) is 5. The van der Waals surface area contributed by atoms with Crippen LogP contribution in [0.5, 0.6) is 0 Å². The van der Waals surface area contributed by atoms with Gasteiger partial charge in [0.1, 0.15) is 6.33 Å². The van der Waals surface area contributed by atoms with Crippen molar-refractivity contribution in [2.45, 2.75) is 31.2 Å². The Morgan fingerprint density at radius 1 is 1.29 bits per heavy atom. The van der Waals surface area contributed by atoms with Crippen molar-refractivity contribution in [2.24, 2.45) is 7.05 Å². The van der Waals surface area contributed by atoms with Gasteiger partial charge in [0.2, 0.25) is 11.8 Å². The van der Waals surface area contributed by atoms with E-state index in [9.17, 15) is 9.59 Å². The highest BCUT2D eigenvalue weighted by atomic mass is 32.2. The zero-order valence-corrected chi connectivity index (χ0v) is 15.0. The lowest BCUT2D eigenvalue weighted by atomic mass is 10.1. The monoisotopic (exact) mass is 347 g/mol. The van der Waals surface area contributed by atoms with E-state index in [1.807, 2.05) is 39.1 Å². The minimum absolute atomic E-state index is 0.0731. The van der Waals surface area contributed by atoms with Gasteiger partial charge in [0.25, 0.3) is 0 Å². The van der Waals surface area contributed by atoms with Gasteiger partial charge in [-0.15, -0.1) is 10.2 Å². The molecule has 2 N–H and O–H groups in total. The SMILES string of the molecule is Cc1cccc(C)c1NC(=O)CNC(=O)C(C)Sc1nncn1C. The van der Waals surface area contributed by atoms with Crippen molar-refractivity contribution in [2.75, 3.05) is 11.9 Å². The highest BCUT2D eigenvalue weighted by molar-refractivity contribution is 8.00. The number of benzene rings is 1. The van der Waals surface area contributed by atoms with Crippen LogP contribution in [0.15, 0.2) is 29.7 Å². The summed E-state index contributed by atoms with van der Waals surface area (Å²) in [5.74, 6) is -0.476. The Hall–Kier alpha value is -2.35. The fourth-order valence-corrected chi connectivity index (χ4v) is 2.91. The summed E-state index contributed by atoms with van der Waals surface area (Å²) in [7, 11) is 1.81. The van der Waals surface area contributed by atoms with Crippen molar-refractivity contribution in [3.63, 3.8) is 0 Å². The Kier molecular flexibility index (Phi) is 5.97. The number of nitrogens with one attached hydrogen (secondary N) is 2. The molecule has 0 aliphatic rings. The van der Waals surface area contributed by atoms with Crippen molar-refractivity contribution in [1.29, 1.82) is 0 Å². The second-order valence-corrected chi connectivity index (χ2v) is 6.83. The van der Waals surface area contributed by atoms with Gasteiger partial charge in [-0.05, 0) is 31.9 Å². The van der Waals surface area contributed by atoms with Gasteiger partial charge in [0, 0.05) is 12.7 Å². The molecule has 1 unspecified atom stereocenters. The van der Waals surface area contributed by atoms with Crippen LogP contribution in [0, 0.1) is 13.8 Å². The van der Waals surface area contributed by atoms with Gasteiger partial charge in [0.15, 0.2) is 5.16 Å². The summed E-state index contributed by atoms with van der Waals surface area (Å²) < 4.78 is 1.74. The first-order valence-corrected chi connectivity index (χ1v) is 8.41. The Morgan fingerprint density at radius 3 is 2.54 bits per heavy atom.